The first-order valence-corrected chi connectivity index (χ1v) is 8.63. The number of allylic oxidation sites excluding steroid dienone is 2. The zero-order chi connectivity index (χ0) is 14.9. The van der Waals surface area contributed by atoms with Crippen LogP contribution in [0.15, 0.2) is 35.9 Å². The van der Waals surface area contributed by atoms with Gasteiger partial charge in [0.1, 0.15) is 0 Å². The number of hydrogen-bond acceptors (Lipinski definition) is 1. The molecule has 0 saturated heterocycles. The molecule has 21 heavy (non-hydrogen) atoms. The highest BCUT2D eigenvalue weighted by Gasteiger charge is 2.21. The van der Waals surface area contributed by atoms with Crippen LogP contribution in [-0.2, 0) is 4.79 Å². The van der Waals surface area contributed by atoms with Gasteiger partial charge in [0.2, 0.25) is 0 Å². The minimum atomic E-state index is 0.389. The average molecular weight is 284 g/mol. The third-order valence-electron chi connectivity index (χ3n) is 4.43. The van der Waals surface area contributed by atoms with Crippen molar-refractivity contribution in [1.29, 1.82) is 0 Å². The number of hydrogen-bond donors (Lipinski definition) is 0. The van der Waals surface area contributed by atoms with Crippen LogP contribution in [0.2, 0.25) is 0 Å². The monoisotopic (exact) mass is 284 g/mol. The van der Waals surface area contributed by atoms with E-state index in [0.29, 0.717) is 5.78 Å². The van der Waals surface area contributed by atoms with Crippen molar-refractivity contribution < 1.29 is 4.79 Å². The first-order chi connectivity index (χ1) is 10.3. The van der Waals surface area contributed by atoms with E-state index in [0.717, 1.165) is 31.3 Å². The molecule has 114 valence electrons. The molecular weight excluding hydrogens is 256 g/mol. The third kappa shape index (κ3) is 4.84. The van der Waals surface area contributed by atoms with Crippen LogP contribution >= 0.6 is 0 Å². The number of carbonyl (C=O) groups is 1. The van der Waals surface area contributed by atoms with Crippen LogP contribution in [0.1, 0.15) is 76.7 Å². The predicted molar refractivity (Wildman–Crippen MR) is 90.2 cm³/mol. The van der Waals surface area contributed by atoms with E-state index < -0.39 is 0 Å². The maximum Gasteiger partial charge on any atom is 0.159 e. The Morgan fingerprint density at radius 1 is 0.952 bits per heavy atom. The van der Waals surface area contributed by atoms with Crippen molar-refractivity contribution in [3.05, 3.63) is 41.5 Å². The zero-order valence-electron chi connectivity index (χ0n) is 13.4. The van der Waals surface area contributed by atoms with Gasteiger partial charge in [-0.15, -0.1) is 0 Å². The molecule has 1 aliphatic carbocycles. The van der Waals surface area contributed by atoms with Crippen LogP contribution in [0, 0.1) is 0 Å². The Labute approximate surface area is 129 Å². The zero-order valence-corrected chi connectivity index (χ0v) is 13.4. The van der Waals surface area contributed by atoms with Crippen LogP contribution in [0.4, 0.5) is 0 Å². The van der Waals surface area contributed by atoms with Gasteiger partial charge in [0.15, 0.2) is 5.78 Å². The van der Waals surface area contributed by atoms with Crippen molar-refractivity contribution in [2.75, 3.05) is 0 Å². The molecular formula is C20H28O. The fraction of sp³-hybridized carbons (Fsp3) is 0.550. The largest absolute Gasteiger partial charge is 0.295 e. The fourth-order valence-electron chi connectivity index (χ4n) is 3.23. The van der Waals surface area contributed by atoms with E-state index in [2.05, 4.69) is 31.2 Å². The van der Waals surface area contributed by atoms with Crippen LogP contribution < -0.4 is 0 Å². The molecule has 1 aromatic carbocycles. The second-order valence-electron chi connectivity index (χ2n) is 6.12. The van der Waals surface area contributed by atoms with Gasteiger partial charge < -0.3 is 0 Å². The van der Waals surface area contributed by atoms with Crippen LogP contribution in [0.5, 0.6) is 0 Å². The van der Waals surface area contributed by atoms with Crippen molar-refractivity contribution >= 4 is 11.4 Å². The molecule has 0 aliphatic heterocycles. The van der Waals surface area contributed by atoms with E-state index in [1.807, 2.05) is 6.07 Å². The summed E-state index contributed by atoms with van der Waals surface area (Å²) in [4.78, 5) is 12.1. The average Bonchev–Trinajstić information content (AvgIpc) is 2.93. The smallest absolute Gasteiger partial charge is 0.159 e. The summed E-state index contributed by atoms with van der Waals surface area (Å²) in [6, 6.07) is 10.5. The first-order valence-electron chi connectivity index (χ1n) is 8.63. The van der Waals surface area contributed by atoms with Gasteiger partial charge in [0.25, 0.3) is 0 Å². The van der Waals surface area contributed by atoms with Crippen LogP contribution in [0.3, 0.4) is 0 Å². The first kappa shape index (κ1) is 16.0. The van der Waals surface area contributed by atoms with Crippen LogP contribution in [-0.4, -0.2) is 5.78 Å². The quantitative estimate of drug-likeness (QED) is 0.426. The number of unbranched alkanes of at least 4 members (excludes halogenated alkanes) is 5. The molecule has 1 aliphatic rings. The van der Waals surface area contributed by atoms with Gasteiger partial charge in [-0.05, 0) is 42.4 Å². The van der Waals surface area contributed by atoms with Gasteiger partial charge in [-0.3, -0.25) is 4.79 Å². The van der Waals surface area contributed by atoms with E-state index in [-0.39, 0.29) is 0 Å². The van der Waals surface area contributed by atoms with Crippen molar-refractivity contribution in [1.82, 2.24) is 0 Å². The minimum Gasteiger partial charge on any atom is -0.295 e. The lowest BCUT2D eigenvalue weighted by atomic mass is 9.93. The highest BCUT2D eigenvalue weighted by molar-refractivity contribution is 6.04. The van der Waals surface area contributed by atoms with Crippen molar-refractivity contribution in [2.45, 2.75) is 71.1 Å². The highest BCUT2D eigenvalue weighted by Crippen LogP contribution is 2.32. The standard InChI is InChI=1S/C20H28O/c1-2-3-4-5-6-10-14-18(17-12-8-7-9-13-17)19-15-11-16-20(19)21/h7-9,12-13H,2-6,10-11,14-16H2,1H3. The lowest BCUT2D eigenvalue weighted by Crippen LogP contribution is -1.98. The summed E-state index contributed by atoms with van der Waals surface area (Å²) in [6.45, 7) is 2.25. The van der Waals surface area contributed by atoms with Crippen LogP contribution in [0.25, 0.3) is 5.57 Å². The van der Waals surface area contributed by atoms with Crippen molar-refractivity contribution in [3.8, 4) is 0 Å². The van der Waals surface area contributed by atoms with Gasteiger partial charge >= 0.3 is 0 Å². The lowest BCUT2D eigenvalue weighted by Gasteiger charge is -2.11. The Morgan fingerprint density at radius 2 is 1.67 bits per heavy atom. The molecule has 0 bridgehead atoms. The summed E-state index contributed by atoms with van der Waals surface area (Å²) in [5, 5.41) is 0. The van der Waals surface area contributed by atoms with Gasteiger partial charge in [0.05, 0.1) is 0 Å². The highest BCUT2D eigenvalue weighted by atomic mass is 16.1. The number of carbonyl (C=O) groups excluding carboxylic acids is 1. The topological polar surface area (TPSA) is 17.1 Å². The third-order valence-corrected chi connectivity index (χ3v) is 4.43. The number of benzene rings is 1. The minimum absolute atomic E-state index is 0.389. The summed E-state index contributed by atoms with van der Waals surface area (Å²) >= 11 is 0. The molecule has 0 unspecified atom stereocenters. The van der Waals surface area contributed by atoms with Crippen molar-refractivity contribution in [2.24, 2.45) is 0 Å². The SMILES string of the molecule is CCCCCCCCC(=C1CCCC1=O)c1ccccc1. The summed E-state index contributed by atoms with van der Waals surface area (Å²) < 4.78 is 0. The molecule has 0 N–H and O–H groups in total. The Hall–Kier alpha value is -1.37. The molecule has 0 atom stereocenters. The Bertz CT molecular complexity index is 470. The van der Waals surface area contributed by atoms with E-state index in [4.69, 9.17) is 0 Å². The molecule has 1 saturated carbocycles. The second kappa shape index (κ2) is 8.81. The van der Waals surface area contributed by atoms with Gasteiger partial charge in [-0.25, -0.2) is 0 Å². The molecule has 2 rings (SSSR count). The molecule has 0 radical (unpaired) electrons. The van der Waals surface area contributed by atoms with Crippen molar-refractivity contribution in [3.63, 3.8) is 0 Å². The van der Waals surface area contributed by atoms with Gasteiger partial charge in [-0.2, -0.15) is 0 Å². The summed E-state index contributed by atoms with van der Waals surface area (Å²) in [5.41, 5.74) is 3.71. The van der Waals surface area contributed by atoms with E-state index in [1.165, 1.54) is 49.7 Å². The molecule has 1 nitrogen and oxygen atoms in total. The molecule has 1 heteroatoms. The van der Waals surface area contributed by atoms with Gasteiger partial charge in [-0.1, -0.05) is 69.4 Å². The molecule has 0 amide bonds. The van der Waals surface area contributed by atoms with E-state index in [9.17, 15) is 4.79 Å². The Kier molecular flexibility index (Phi) is 6.72. The Morgan fingerprint density at radius 3 is 2.33 bits per heavy atom. The van der Waals surface area contributed by atoms with E-state index >= 15 is 0 Å². The normalized spacial score (nSPS) is 17.3. The number of ketones is 1. The maximum atomic E-state index is 12.1. The molecule has 0 aromatic heterocycles. The fourth-order valence-corrected chi connectivity index (χ4v) is 3.23. The molecule has 1 fully saturated rings. The summed E-state index contributed by atoms with van der Waals surface area (Å²) in [6.07, 6.45) is 11.7. The van der Waals surface area contributed by atoms with Gasteiger partial charge in [0, 0.05) is 6.42 Å². The Balaban J connectivity index is 1.99. The number of rotatable bonds is 8. The summed E-state index contributed by atoms with van der Waals surface area (Å²) in [7, 11) is 0. The second-order valence-corrected chi connectivity index (χ2v) is 6.12. The lowest BCUT2D eigenvalue weighted by molar-refractivity contribution is -0.114. The number of Topliss-reactive ketones (excluding diaryl/α,β-unsaturated/α-hetero) is 1. The maximum absolute atomic E-state index is 12.1. The molecule has 1 aromatic rings. The summed E-state index contributed by atoms with van der Waals surface area (Å²) in [5.74, 6) is 0.389. The molecule has 0 heterocycles. The molecule has 0 spiro atoms. The van der Waals surface area contributed by atoms with E-state index in [1.54, 1.807) is 0 Å². The predicted octanol–water partition coefficient (Wildman–Crippen LogP) is 5.94.